The summed E-state index contributed by atoms with van der Waals surface area (Å²) in [5.74, 6) is 0. The number of nitrogens with zero attached hydrogens (tertiary/aromatic N) is 2. The van der Waals surface area contributed by atoms with Gasteiger partial charge in [-0.3, -0.25) is 0 Å². The van der Waals surface area contributed by atoms with Crippen molar-refractivity contribution in [2.24, 2.45) is 0 Å². The minimum absolute atomic E-state index is 0.0642. The number of fused-ring (bicyclic) bond motifs is 11. The minimum atomic E-state index is -0.0915. The van der Waals surface area contributed by atoms with Crippen LogP contribution in [-0.2, 0) is 17.3 Å². The van der Waals surface area contributed by atoms with Crippen molar-refractivity contribution in [1.29, 1.82) is 0 Å². The number of hydrogen-bond acceptors (Lipinski definition) is 1. The molecule has 2 heteroatoms. The van der Waals surface area contributed by atoms with Crippen LogP contribution in [0, 0.1) is 0 Å². The molecule has 0 amide bonds. The van der Waals surface area contributed by atoms with E-state index in [1.165, 1.54) is 99.4 Å². The largest absolute Gasteiger partial charge is 0.308 e. The Balaban J connectivity index is 1.16. The number of hydrogen-bond donors (Lipinski definition) is 0. The van der Waals surface area contributed by atoms with Gasteiger partial charge in [0.15, 0.2) is 0 Å². The van der Waals surface area contributed by atoms with E-state index in [0.29, 0.717) is 0 Å². The average molecular weight is 735 g/mol. The van der Waals surface area contributed by atoms with Gasteiger partial charge >= 0.3 is 0 Å². The second-order valence-corrected chi connectivity index (χ2v) is 17.1. The lowest BCUT2D eigenvalue weighted by atomic mass is 9.79. The van der Waals surface area contributed by atoms with Crippen LogP contribution in [0.3, 0.4) is 0 Å². The van der Waals surface area contributed by atoms with Crippen molar-refractivity contribution >= 4 is 50.5 Å². The highest BCUT2D eigenvalue weighted by Gasteiger charge is 2.38. The number of anilines is 3. The lowest BCUT2D eigenvalue weighted by Crippen LogP contribution is -2.16. The molecule has 0 saturated carbocycles. The summed E-state index contributed by atoms with van der Waals surface area (Å²) in [7, 11) is 0. The van der Waals surface area contributed by atoms with E-state index >= 15 is 0 Å². The molecule has 9 aromatic rings. The predicted molar refractivity (Wildman–Crippen MR) is 242 cm³/mol. The van der Waals surface area contributed by atoms with Crippen LogP contribution in [0.15, 0.2) is 152 Å². The monoisotopic (exact) mass is 734 g/mol. The van der Waals surface area contributed by atoms with Gasteiger partial charge in [0, 0.05) is 38.2 Å². The second-order valence-electron chi connectivity index (χ2n) is 17.1. The molecule has 0 radical (unpaired) electrons. The zero-order chi connectivity index (χ0) is 38.8. The first-order valence-corrected chi connectivity index (χ1v) is 20.5. The fourth-order valence-electron chi connectivity index (χ4n) is 10.9. The number of aromatic nitrogens is 1. The van der Waals surface area contributed by atoms with Crippen LogP contribution in [0.5, 0.6) is 0 Å². The summed E-state index contributed by atoms with van der Waals surface area (Å²) in [5.41, 5.74) is 22.0. The normalized spacial score (nSPS) is 14.9. The van der Waals surface area contributed by atoms with Crippen molar-refractivity contribution in [3.8, 4) is 33.4 Å². The zero-order valence-corrected chi connectivity index (χ0v) is 33.6. The quantitative estimate of drug-likeness (QED) is 0.171. The predicted octanol–water partition coefficient (Wildman–Crippen LogP) is 14.1. The summed E-state index contributed by atoms with van der Waals surface area (Å²) in [6.07, 6.45) is 3.25. The summed E-state index contributed by atoms with van der Waals surface area (Å²) in [6.45, 7) is 14.0. The van der Waals surface area contributed by atoms with Crippen LogP contribution in [0.4, 0.5) is 17.1 Å². The first-order chi connectivity index (χ1) is 27.7. The fourth-order valence-corrected chi connectivity index (χ4v) is 10.9. The average Bonchev–Trinajstić information content (AvgIpc) is 3.90. The molecule has 0 aliphatic heterocycles. The lowest BCUT2D eigenvalue weighted by molar-refractivity contribution is 0.660. The molecule has 0 spiro atoms. The van der Waals surface area contributed by atoms with Gasteiger partial charge in [-0.2, -0.15) is 0 Å². The van der Waals surface area contributed by atoms with Gasteiger partial charge in [-0.1, -0.05) is 156 Å². The molecule has 0 atom stereocenters. The van der Waals surface area contributed by atoms with Gasteiger partial charge in [-0.25, -0.2) is 0 Å². The Hall–Kier alpha value is -6.38. The van der Waals surface area contributed by atoms with Crippen LogP contribution < -0.4 is 10.1 Å². The van der Waals surface area contributed by atoms with Crippen molar-refractivity contribution in [3.05, 3.63) is 185 Å². The highest BCUT2D eigenvalue weighted by Crippen LogP contribution is 2.54. The maximum absolute atomic E-state index is 2.55. The van der Waals surface area contributed by atoms with E-state index in [0.717, 1.165) is 17.8 Å². The summed E-state index contributed by atoms with van der Waals surface area (Å²) in [5, 5.41) is 3.93. The maximum Gasteiger partial charge on any atom is 0.0779 e. The number of rotatable bonds is 5. The Bertz CT molecular complexity index is 3170. The second kappa shape index (κ2) is 12.1. The van der Waals surface area contributed by atoms with E-state index in [1.807, 2.05) is 0 Å². The number of aryl methyl sites for hydroxylation is 1. The summed E-state index contributed by atoms with van der Waals surface area (Å²) < 4.78 is 2.55. The molecular formula is C55H46N2. The third kappa shape index (κ3) is 4.53. The van der Waals surface area contributed by atoms with E-state index in [4.69, 9.17) is 0 Å². The molecule has 57 heavy (non-hydrogen) atoms. The molecule has 2 aliphatic carbocycles. The smallest absolute Gasteiger partial charge is 0.0779 e. The van der Waals surface area contributed by atoms with Gasteiger partial charge in [0.05, 0.1) is 22.2 Å². The Morgan fingerprint density at radius 2 is 1.12 bits per heavy atom. The van der Waals surface area contributed by atoms with Crippen LogP contribution in [-0.4, -0.2) is 4.40 Å². The first kappa shape index (κ1) is 33.9. The molecule has 7 aromatic carbocycles. The molecule has 276 valence electrons. The molecule has 2 nitrogen and oxygen atoms in total. The van der Waals surface area contributed by atoms with Gasteiger partial charge < -0.3 is 9.30 Å². The Kier molecular flexibility index (Phi) is 7.18. The first-order valence-electron chi connectivity index (χ1n) is 20.5. The third-order valence-electron chi connectivity index (χ3n) is 13.5. The van der Waals surface area contributed by atoms with E-state index in [-0.39, 0.29) is 10.8 Å². The van der Waals surface area contributed by atoms with Crippen molar-refractivity contribution in [2.45, 2.75) is 58.8 Å². The van der Waals surface area contributed by atoms with E-state index in [9.17, 15) is 0 Å². The van der Waals surface area contributed by atoms with Gasteiger partial charge in [0.25, 0.3) is 0 Å². The molecule has 0 fully saturated rings. The SMILES string of the molecule is C/C=c1/c2ccccc2n2c1c(CC)c1cccc(N(c3ccc(-c4cccc5c4C(C)(C)c4ccccc4-5)cc3)c3ccc4c(c3)-c3ccccc3C4(C)C)c12. The molecule has 0 saturated heterocycles. The van der Waals surface area contributed by atoms with Crippen molar-refractivity contribution in [1.82, 2.24) is 4.40 Å². The van der Waals surface area contributed by atoms with E-state index in [2.05, 4.69) is 209 Å². The molecule has 2 heterocycles. The fraction of sp³-hybridized carbons (Fsp3) is 0.164. The topological polar surface area (TPSA) is 7.65 Å². The van der Waals surface area contributed by atoms with Gasteiger partial charge in [-0.15, -0.1) is 0 Å². The summed E-state index contributed by atoms with van der Waals surface area (Å²) in [4.78, 5) is 2.51. The van der Waals surface area contributed by atoms with Crippen LogP contribution in [0.25, 0.3) is 66.8 Å². The Labute approximate surface area is 335 Å². The molecular weight excluding hydrogens is 689 g/mol. The van der Waals surface area contributed by atoms with Gasteiger partial charge in [0.2, 0.25) is 0 Å². The Morgan fingerprint density at radius 1 is 0.526 bits per heavy atom. The van der Waals surface area contributed by atoms with E-state index < -0.39 is 0 Å². The van der Waals surface area contributed by atoms with Gasteiger partial charge in [-0.05, 0) is 111 Å². The maximum atomic E-state index is 2.55. The molecule has 0 N–H and O–H groups in total. The molecule has 0 bridgehead atoms. The zero-order valence-electron chi connectivity index (χ0n) is 33.6. The molecule has 11 rings (SSSR count). The van der Waals surface area contributed by atoms with Crippen LogP contribution in [0.2, 0.25) is 0 Å². The lowest BCUT2D eigenvalue weighted by Gasteiger charge is -2.28. The van der Waals surface area contributed by atoms with Crippen molar-refractivity contribution < 1.29 is 0 Å². The summed E-state index contributed by atoms with van der Waals surface area (Å²) in [6, 6.07) is 57.1. The van der Waals surface area contributed by atoms with E-state index in [1.54, 1.807) is 0 Å². The van der Waals surface area contributed by atoms with Gasteiger partial charge in [0.1, 0.15) is 0 Å². The number of benzene rings is 7. The highest BCUT2D eigenvalue weighted by molar-refractivity contribution is 6.08. The highest BCUT2D eigenvalue weighted by atomic mass is 15.2. The standard InChI is InChI=1S/C55H46N2/c1-7-37-42-19-11-14-25-49(42)57-52(37)38(8-2)44-22-16-26-50(53(44)57)56(36-31-32-48-45(33-36)41-18-10-12-23-46(41)54(48,3)4)35-29-27-34(28-30-35)39-20-15-21-43-40-17-9-13-24-47(40)55(5,6)51(39)43/h7,9-33H,8H2,1-6H3/b37-7-. The van der Waals surface area contributed by atoms with Crippen LogP contribution in [0.1, 0.15) is 69.4 Å². The molecule has 2 aromatic heterocycles. The Morgan fingerprint density at radius 3 is 1.88 bits per heavy atom. The molecule has 2 aliphatic rings. The van der Waals surface area contributed by atoms with Crippen LogP contribution >= 0.6 is 0 Å². The van der Waals surface area contributed by atoms with Crippen molar-refractivity contribution in [2.75, 3.05) is 4.90 Å². The minimum Gasteiger partial charge on any atom is -0.308 e. The molecule has 0 unspecified atom stereocenters. The summed E-state index contributed by atoms with van der Waals surface area (Å²) >= 11 is 0. The van der Waals surface area contributed by atoms with Crippen molar-refractivity contribution in [3.63, 3.8) is 0 Å². The number of para-hydroxylation sites is 2. The third-order valence-corrected chi connectivity index (χ3v) is 13.5.